The first-order valence-corrected chi connectivity index (χ1v) is 8.57. The molecule has 1 N–H and O–H groups in total. The summed E-state index contributed by atoms with van der Waals surface area (Å²) in [5.41, 5.74) is 1.58. The topological polar surface area (TPSA) is 80.6 Å². The Morgan fingerprint density at radius 3 is 2.70 bits per heavy atom. The Morgan fingerprint density at radius 1 is 1.26 bits per heavy atom. The number of hydrogen-bond acceptors (Lipinski definition) is 5. The van der Waals surface area contributed by atoms with E-state index in [1.54, 1.807) is 12.1 Å². The van der Waals surface area contributed by atoms with E-state index in [-0.39, 0.29) is 11.6 Å². The molecule has 0 aromatic heterocycles. The molecular formula is C21H20N2O4. The molecule has 0 radical (unpaired) electrons. The van der Waals surface area contributed by atoms with Crippen molar-refractivity contribution >= 4 is 12.0 Å². The summed E-state index contributed by atoms with van der Waals surface area (Å²) in [7, 11) is 1.53. The maximum atomic E-state index is 12.5. The highest BCUT2D eigenvalue weighted by atomic mass is 16.6. The first-order chi connectivity index (χ1) is 13.1. The van der Waals surface area contributed by atoms with E-state index in [0.717, 1.165) is 5.56 Å². The predicted molar refractivity (Wildman–Crippen MR) is 101 cm³/mol. The molecule has 2 aromatic rings. The van der Waals surface area contributed by atoms with Crippen molar-refractivity contribution in [3.63, 3.8) is 0 Å². The molecule has 138 valence electrons. The van der Waals surface area contributed by atoms with Crippen LogP contribution in [0.5, 0.6) is 17.2 Å². The van der Waals surface area contributed by atoms with Gasteiger partial charge in [0.1, 0.15) is 24.9 Å². The standard InChI is InChI=1S/C21H20N2O4/c1-14(16-6-4-3-5-7-16)23-21(24)17(13-22)10-15-11-18(25-2)20-19(12-15)26-8-9-27-20/h3-7,10-12,14H,8-9H2,1-2H3,(H,23,24)/b17-10+/t14-/m0/s1. The van der Waals surface area contributed by atoms with Crippen molar-refractivity contribution in [2.45, 2.75) is 13.0 Å². The zero-order valence-electron chi connectivity index (χ0n) is 15.2. The molecule has 1 amide bonds. The molecule has 0 bridgehead atoms. The number of hydrogen-bond donors (Lipinski definition) is 1. The minimum Gasteiger partial charge on any atom is -0.493 e. The Morgan fingerprint density at radius 2 is 2.00 bits per heavy atom. The van der Waals surface area contributed by atoms with Gasteiger partial charge < -0.3 is 19.5 Å². The minimum atomic E-state index is -0.442. The van der Waals surface area contributed by atoms with Crippen LogP contribution in [0.3, 0.4) is 0 Å². The van der Waals surface area contributed by atoms with Gasteiger partial charge in [-0.25, -0.2) is 0 Å². The maximum Gasteiger partial charge on any atom is 0.262 e. The molecule has 1 heterocycles. The molecule has 1 aliphatic heterocycles. The molecule has 6 nitrogen and oxygen atoms in total. The summed E-state index contributed by atoms with van der Waals surface area (Å²) in [5.74, 6) is 1.11. The van der Waals surface area contributed by atoms with E-state index < -0.39 is 5.91 Å². The molecular weight excluding hydrogens is 344 g/mol. The number of ether oxygens (including phenoxy) is 3. The molecule has 1 aliphatic rings. The van der Waals surface area contributed by atoms with Crippen molar-refractivity contribution in [1.82, 2.24) is 5.32 Å². The molecule has 3 rings (SSSR count). The average Bonchev–Trinajstić information content (AvgIpc) is 2.71. The van der Waals surface area contributed by atoms with E-state index in [4.69, 9.17) is 14.2 Å². The molecule has 6 heteroatoms. The average molecular weight is 364 g/mol. The van der Waals surface area contributed by atoms with Crippen molar-refractivity contribution in [3.8, 4) is 23.3 Å². The van der Waals surface area contributed by atoms with Gasteiger partial charge in [-0.15, -0.1) is 0 Å². The Hall–Kier alpha value is -3.46. The van der Waals surface area contributed by atoms with E-state index >= 15 is 0 Å². The van der Waals surface area contributed by atoms with Crippen molar-refractivity contribution in [2.24, 2.45) is 0 Å². The van der Waals surface area contributed by atoms with Crippen LogP contribution in [0, 0.1) is 11.3 Å². The number of nitrogens with zero attached hydrogens (tertiary/aromatic N) is 1. The molecule has 0 aliphatic carbocycles. The zero-order valence-corrected chi connectivity index (χ0v) is 15.2. The number of carbonyl (C=O) groups is 1. The van der Waals surface area contributed by atoms with E-state index in [2.05, 4.69) is 5.32 Å². The van der Waals surface area contributed by atoms with Gasteiger partial charge in [0.15, 0.2) is 11.5 Å². The minimum absolute atomic E-state index is 0.00323. The van der Waals surface area contributed by atoms with Crippen LogP contribution in [0.15, 0.2) is 48.0 Å². The Labute approximate surface area is 158 Å². The fourth-order valence-corrected chi connectivity index (χ4v) is 2.79. The summed E-state index contributed by atoms with van der Waals surface area (Å²) in [6.07, 6.45) is 1.51. The number of fused-ring (bicyclic) bond motifs is 1. The van der Waals surface area contributed by atoms with Crippen LogP contribution in [0.2, 0.25) is 0 Å². The van der Waals surface area contributed by atoms with Crippen LogP contribution in [0.25, 0.3) is 6.08 Å². The third kappa shape index (κ3) is 4.21. The fraction of sp³-hybridized carbons (Fsp3) is 0.238. The SMILES string of the molecule is COc1cc(/C=C(\C#N)C(=O)N[C@@H](C)c2ccccc2)cc2c1OCCO2. The lowest BCUT2D eigenvalue weighted by Gasteiger charge is -2.21. The maximum absolute atomic E-state index is 12.5. The van der Waals surface area contributed by atoms with E-state index in [0.29, 0.717) is 36.0 Å². The Balaban J connectivity index is 1.84. The highest BCUT2D eigenvalue weighted by molar-refractivity contribution is 6.02. The van der Waals surface area contributed by atoms with Gasteiger partial charge in [-0.3, -0.25) is 4.79 Å². The van der Waals surface area contributed by atoms with E-state index in [1.807, 2.05) is 43.3 Å². The summed E-state index contributed by atoms with van der Waals surface area (Å²) in [6.45, 7) is 2.75. The second-order valence-electron chi connectivity index (χ2n) is 6.02. The molecule has 0 unspecified atom stereocenters. The number of methoxy groups -OCH3 is 1. The highest BCUT2D eigenvalue weighted by Crippen LogP contribution is 2.40. The lowest BCUT2D eigenvalue weighted by atomic mass is 10.1. The number of nitrogens with one attached hydrogen (secondary N) is 1. The summed E-state index contributed by atoms with van der Waals surface area (Å²) < 4.78 is 16.5. The Kier molecular flexibility index (Phi) is 5.62. The van der Waals surface area contributed by atoms with Gasteiger partial charge in [-0.1, -0.05) is 30.3 Å². The molecule has 0 spiro atoms. The number of rotatable bonds is 5. The van der Waals surface area contributed by atoms with Crippen LogP contribution in [0.4, 0.5) is 0 Å². The van der Waals surface area contributed by atoms with Crippen LogP contribution >= 0.6 is 0 Å². The summed E-state index contributed by atoms with van der Waals surface area (Å²) in [4.78, 5) is 12.5. The lowest BCUT2D eigenvalue weighted by Crippen LogP contribution is -2.27. The zero-order chi connectivity index (χ0) is 19.2. The molecule has 0 fully saturated rings. The smallest absolute Gasteiger partial charge is 0.262 e. The van der Waals surface area contributed by atoms with Crippen molar-refractivity contribution < 1.29 is 19.0 Å². The molecule has 0 saturated heterocycles. The Bertz CT molecular complexity index is 883. The lowest BCUT2D eigenvalue weighted by molar-refractivity contribution is -0.117. The van der Waals surface area contributed by atoms with Crippen LogP contribution in [-0.4, -0.2) is 26.2 Å². The summed E-state index contributed by atoms with van der Waals surface area (Å²) in [5, 5.41) is 12.3. The van der Waals surface area contributed by atoms with Gasteiger partial charge >= 0.3 is 0 Å². The van der Waals surface area contributed by atoms with Crippen LogP contribution in [0.1, 0.15) is 24.1 Å². The highest BCUT2D eigenvalue weighted by Gasteiger charge is 2.19. The molecule has 27 heavy (non-hydrogen) atoms. The predicted octanol–water partition coefficient (Wildman–Crippen LogP) is 3.25. The third-order valence-electron chi connectivity index (χ3n) is 4.17. The molecule has 2 aromatic carbocycles. The van der Waals surface area contributed by atoms with Gasteiger partial charge in [0.2, 0.25) is 5.75 Å². The van der Waals surface area contributed by atoms with E-state index in [1.165, 1.54) is 13.2 Å². The second kappa shape index (κ2) is 8.28. The van der Waals surface area contributed by atoms with Gasteiger partial charge in [0.05, 0.1) is 13.2 Å². The number of benzene rings is 2. The van der Waals surface area contributed by atoms with Crippen molar-refractivity contribution in [3.05, 3.63) is 59.2 Å². The largest absolute Gasteiger partial charge is 0.493 e. The molecule has 1 atom stereocenters. The van der Waals surface area contributed by atoms with Gasteiger partial charge in [-0.2, -0.15) is 5.26 Å². The monoisotopic (exact) mass is 364 g/mol. The van der Waals surface area contributed by atoms with Crippen LogP contribution in [-0.2, 0) is 4.79 Å². The third-order valence-corrected chi connectivity index (χ3v) is 4.17. The number of amides is 1. The first-order valence-electron chi connectivity index (χ1n) is 8.57. The van der Waals surface area contributed by atoms with Gasteiger partial charge in [0.25, 0.3) is 5.91 Å². The fourth-order valence-electron chi connectivity index (χ4n) is 2.79. The number of nitriles is 1. The van der Waals surface area contributed by atoms with Crippen LogP contribution < -0.4 is 19.5 Å². The first kappa shape index (κ1) is 18.3. The van der Waals surface area contributed by atoms with E-state index in [9.17, 15) is 10.1 Å². The molecule has 0 saturated carbocycles. The van der Waals surface area contributed by atoms with Gasteiger partial charge in [0, 0.05) is 0 Å². The second-order valence-corrected chi connectivity index (χ2v) is 6.02. The quantitative estimate of drug-likeness (QED) is 0.651. The van der Waals surface area contributed by atoms with Gasteiger partial charge in [-0.05, 0) is 36.3 Å². The van der Waals surface area contributed by atoms with Crippen molar-refractivity contribution in [2.75, 3.05) is 20.3 Å². The normalized spacial score (nSPS) is 14.0. The number of carbonyl (C=O) groups excluding carboxylic acids is 1. The summed E-state index contributed by atoms with van der Waals surface area (Å²) in [6, 6.07) is 14.7. The van der Waals surface area contributed by atoms with Crippen molar-refractivity contribution in [1.29, 1.82) is 5.26 Å². The summed E-state index contributed by atoms with van der Waals surface area (Å²) >= 11 is 0.